The molecule has 1 aliphatic rings. The first kappa shape index (κ1) is 21.1. The second-order valence-electron chi connectivity index (χ2n) is 6.76. The normalized spacial score (nSPS) is 15.6. The van der Waals surface area contributed by atoms with Crippen LogP contribution in [0.5, 0.6) is 0 Å². The molecule has 1 aromatic rings. The molecule has 0 unspecified atom stereocenters. The first-order chi connectivity index (χ1) is 12.9. The molecule has 1 aliphatic carbocycles. The van der Waals surface area contributed by atoms with E-state index < -0.39 is 11.7 Å². The Labute approximate surface area is 157 Å². The summed E-state index contributed by atoms with van der Waals surface area (Å²) < 4.78 is 38.2. The van der Waals surface area contributed by atoms with Crippen LogP contribution in [-0.2, 0) is 17.5 Å². The molecule has 27 heavy (non-hydrogen) atoms. The van der Waals surface area contributed by atoms with E-state index in [1.165, 1.54) is 18.9 Å². The topological polar surface area (TPSA) is 65.5 Å². The zero-order valence-electron chi connectivity index (χ0n) is 15.5. The Morgan fingerprint density at radius 2 is 1.85 bits per heavy atom. The summed E-state index contributed by atoms with van der Waals surface area (Å²) in [4.78, 5) is 15.9. The van der Waals surface area contributed by atoms with Crippen LogP contribution in [0.3, 0.4) is 0 Å². The smallest absolute Gasteiger partial charge is 0.355 e. The number of carbonyl (C=O) groups excluding carboxylic acids is 1. The van der Waals surface area contributed by atoms with Crippen molar-refractivity contribution in [3.05, 3.63) is 35.4 Å². The molecule has 1 aromatic carbocycles. The van der Waals surface area contributed by atoms with Gasteiger partial charge in [-0.05, 0) is 36.5 Å². The van der Waals surface area contributed by atoms with E-state index in [2.05, 4.69) is 20.9 Å². The summed E-state index contributed by atoms with van der Waals surface area (Å²) >= 11 is 0. The van der Waals surface area contributed by atoms with Crippen LogP contribution in [0.4, 0.5) is 13.2 Å². The third-order valence-corrected chi connectivity index (χ3v) is 4.63. The fourth-order valence-corrected chi connectivity index (χ4v) is 3.20. The number of benzene rings is 1. The van der Waals surface area contributed by atoms with Crippen molar-refractivity contribution in [1.29, 1.82) is 0 Å². The average molecular weight is 384 g/mol. The van der Waals surface area contributed by atoms with Crippen LogP contribution in [-0.4, -0.2) is 32.0 Å². The van der Waals surface area contributed by atoms with E-state index in [1.54, 1.807) is 13.1 Å². The van der Waals surface area contributed by atoms with Crippen LogP contribution in [0.15, 0.2) is 29.3 Å². The van der Waals surface area contributed by atoms with E-state index in [1.807, 2.05) is 0 Å². The molecule has 5 nitrogen and oxygen atoms in total. The van der Waals surface area contributed by atoms with Gasteiger partial charge >= 0.3 is 6.18 Å². The third-order valence-electron chi connectivity index (χ3n) is 4.63. The lowest BCUT2D eigenvalue weighted by molar-refractivity contribution is -0.137. The largest absolute Gasteiger partial charge is 0.416 e. The minimum Gasteiger partial charge on any atom is -0.355 e. The number of guanidine groups is 1. The Balaban J connectivity index is 1.67. The van der Waals surface area contributed by atoms with Crippen molar-refractivity contribution < 1.29 is 18.0 Å². The molecule has 0 atom stereocenters. The molecule has 0 bridgehead atoms. The van der Waals surface area contributed by atoms with Crippen LogP contribution in [0.25, 0.3) is 0 Å². The van der Waals surface area contributed by atoms with Crippen LogP contribution in [0.1, 0.15) is 43.2 Å². The summed E-state index contributed by atoms with van der Waals surface area (Å²) in [5.41, 5.74) is -0.160. The van der Waals surface area contributed by atoms with Gasteiger partial charge in [0.15, 0.2) is 5.96 Å². The van der Waals surface area contributed by atoms with Crippen molar-refractivity contribution in [2.24, 2.45) is 10.9 Å². The number of nitrogens with one attached hydrogen (secondary N) is 3. The van der Waals surface area contributed by atoms with Gasteiger partial charge in [0.05, 0.1) is 5.56 Å². The summed E-state index contributed by atoms with van der Waals surface area (Å²) in [6.07, 6.45) is 0.936. The number of carbonyl (C=O) groups is 1. The minimum absolute atomic E-state index is 0.0654. The summed E-state index contributed by atoms with van der Waals surface area (Å²) in [5, 5.41) is 8.88. The first-order valence-corrected chi connectivity index (χ1v) is 9.26. The Bertz CT molecular complexity index is 640. The number of halogens is 3. The van der Waals surface area contributed by atoms with Crippen molar-refractivity contribution in [2.75, 3.05) is 20.1 Å². The molecule has 1 amide bonds. The van der Waals surface area contributed by atoms with Crippen LogP contribution < -0.4 is 16.0 Å². The predicted octanol–water partition coefficient (Wildman–Crippen LogP) is 3.07. The van der Waals surface area contributed by atoms with Crippen molar-refractivity contribution in [3.8, 4) is 0 Å². The Hall–Kier alpha value is -2.25. The van der Waals surface area contributed by atoms with Crippen LogP contribution >= 0.6 is 0 Å². The molecule has 150 valence electrons. The third kappa shape index (κ3) is 7.48. The molecule has 0 spiro atoms. The van der Waals surface area contributed by atoms with Crippen molar-refractivity contribution in [2.45, 2.75) is 44.8 Å². The fourth-order valence-electron chi connectivity index (χ4n) is 3.20. The maximum atomic E-state index is 12.7. The van der Waals surface area contributed by atoms with E-state index in [0.29, 0.717) is 37.0 Å². The number of hydrogen-bond donors (Lipinski definition) is 3. The molecule has 0 aliphatic heterocycles. The van der Waals surface area contributed by atoms with Gasteiger partial charge in [-0.3, -0.25) is 9.79 Å². The highest BCUT2D eigenvalue weighted by Crippen LogP contribution is 2.29. The Morgan fingerprint density at radius 3 is 2.52 bits per heavy atom. The van der Waals surface area contributed by atoms with Gasteiger partial charge in [0.1, 0.15) is 0 Å². The molecule has 0 radical (unpaired) electrons. The number of hydrogen-bond acceptors (Lipinski definition) is 2. The summed E-state index contributed by atoms with van der Waals surface area (Å²) in [5.74, 6) is 1.05. The quantitative estimate of drug-likeness (QED) is 0.385. The maximum absolute atomic E-state index is 12.7. The van der Waals surface area contributed by atoms with E-state index in [9.17, 15) is 18.0 Å². The average Bonchev–Trinajstić information content (AvgIpc) is 3.13. The molecular weight excluding hydrogens is 357 g/mol. The minimum atomic E-state index is -4.35. The molecule has 0 heterocycles. The van der Waals surface area contributed by atoms with Crippen molar-refractivity contribution in [3.63, 3.8) is 0 Å². The van der Waals surface area contributed by atoms with E-state index >= 15 is 0 Å². The number of rotatable bonds is 7. The number of nitrogens with zero attached hydrogens (tertiary/aromatic N) is 1. The lowest BCUT2D eigenvalue weighted by atomic mass is 10.0. The highest BCUT2D eigenvalue weighted by atomic mass is 19.4. The zero-order valence-corrected chi connectivity index (χ0v) is 15.5. The lowest BCUT2D eigenvalue weighted by Gasteiger charge is -2.14. The summed E-state index contributed by atoms with van der Waals surface area (Å²) in [6.45, 7) is 1.17. The molecule has 0 aromatic heterocycles. The number of amides is 1. The van der Waals surface area contributed by atoms with Gasteiger partial charge in [0, 0.05) is 33.1 Å². The van der Waals surface area contributed by atoms with Crippen LogP contribution in [0.2, 0.25) is 0 Å². The molecule has 2 rings (SSSR count). The van der Waals surface area contributed by atoms with E-state index in [4.69, 9.17) is 0 Å². The predicted molar refractivity (Wildman–Crippen MR) is 99.2 cm³/mol. The molecule has 3 N–H and O–H groups in total. The molecule has 0 saturated heterocycles. The highest BCUT2D eigenvalue weighted by molar-refractivity contribution is 5.80. The van der Waals surface area contributed by atoms with Gasteiger partial charge in [0.25, 0.3) is 0 Å². The van der Waals surface area contributed by atoms with Crippen molar-refractivity contribution in [1.82, 2.24) is 16.0 Å². The summed E-state index contributed by atoms with van der Waals surface area (Å²) in [6, 6.07) is 5.17. The van der Waals surface area contributed by atoms with Gasteiger partial charge in [-0.15, -0.1) is 0 Å². The molecular formula is C19H27F3N4O. The fraction of sp³-hybridized carbons (Fsp3) is 0.579. The van der Waals surface area contributed by atoms with Crippen LogP contribution in [0, 0.1) is 5.92 Å². The van der Waals surface area contributed by atoms with Crippen molar-refractivity contribution >= 4 is 11.9 Å². The standard InChI is InChI=1S/C19H27F3N4O/c1-23-18(25-10-9-24-17(27)12-14-5-2-3-6-14)26-13-15-7-4-8-16(11-15)19(20,21)22/h4,7-8,11,14H,2-3,5-6,9-10,12-13H2,1H3,(H,24,27)(H2,23,25,26). The van der Waals surface area contributed by atoms with Gasteiger partial charge in [-0.25, -0.2) is 0 Å². The van der Waals surface area contributed by atoms with Gasteiger partial charge in [0.2, 0.25) is 5.91 Å². The molecule has 1 fully saturated rings. The maximum Gasteiger partial charge on any atom is 0.416 e. The lowest BCUT2D eigenvalue weighted by Crippen LogP contribution is -2.41. The van der Waals surface area contributed by atoms with E-state index in [-0.39, 0.29) is 12.5 Å². The first-order valence-electron chi connectivity index (χ1n) is 9.26. The monoisotopic (exact) mass is 384 g/mol. The second kappa shape index (κ2) is 10.2. The van der Waals surface area contributed by atoms with Gasteiger partial charge < -0.3 is 16.0 Å². The van der Waals surface area contributed by atoms with E-state index in [0.717, 1.165) is 25.0 Å². The molecule has 1 saturated carbocycles. The number of alkyl halides is 3. The Morgan fingerprint density at radius 1 is 1.15 bits per heavy atom. The highest BCUT2D eigenvalue weighted by Gasteiger charge is 2.30. The summed E-state index contributed by atoms with van der Waals surface area (Å²) in [7, 11) is 1.58. The SMILES string of the molecule is CN=C(NCCNC(=O)CC1CCCC1)NCc1cccc(C(F)(F)F)c1. The Kier molecular flexibility index (Phi) is 7.94. The van der Waals surface area contributed by atoms with Gasteiger partial charge in [-0.2, -0.15) is 13.2 Å². The number of aliphatic imine (C=N–C) groups is 1. The molecule has 8 heteroatoms. The zero-order chi connectivity index (χ0) is 19.7. The second-order valence-corrected chi connectivity index (χ2v) is 6.76. The van der Waals surface area contributed by atoms with Gasteiger partial charge in [-0.1, -0.05) is 25.0 Å².